The molecule has 20 heavy (non-hydrogen) atoms. The van der Waals surface area contributed by atoms with E-state index in [1.54, 1.807) is 0 Å². The number of rotatable bonds is 2. The van der Waals surface area contributed by atoms with E-state index in [0.717, 1.165) is 12.8 Å². The van der Waals surface area contributed by atoms with Crippen LogP contribution in [0.15, 0.2) is 0 Å². The first-order valence-corrected chi connectivity index (χ1v) is 6.77. The fourth-order valence-electron chi connectivity index (χ4n) is 2.25. The Morgan fingerprint density at radius 2 is 2.05 bits per heavy atom. The van der Waals surface area contributed by atoms with Crippen LogP contribution in [0.25, 0.3) is 0 Å². The largest absolute Gasteiger partial charge is 0.480 e. The van der Waals surface area contributed by atoms with Gasteiger partial charge < -0.3 is 10.0 Å². The molecule has 1 aromatic heterocycles. The summed E-state index contributed by atoms with van der Waals surface area (Å²) in [5.74, 6) is -0.721. The van der Waals surface area contributed by atoms with Gasteiger partial charge in [0.1, 0.15) is 11.9 Å². The Morgan fingerprint density at radius 3 is 2.60 bits per heavy atom. The lowest BCUT2D eigenvalue weighted by atomic mass is 9.96. The van der Waals surface area contributed by atoms with E-state index in [0.29, 0.717) is 18.8 Å². The van der Waals surface area contributed by atoms with Crippen LogP contribution in [0.5, 0.6) is 0 Å². The molecule has 110 valence electrons. The summed E-state index contributed by atoms with van der Waals surface area (Å²) in [5, 5.41) is 15.9. The number of carbonyl (C=O) groups is 2. The molecule has 1 aliphatic heterocycles. The number of aromatic amines is 1. The smallest absolute Gasteiger partial charge is 0.326 e. The summed E-state index contributed by atoms with van der Waals surface area (Å²) in [6.07, 6.45) is 2.12. The zero-order valence-corrected chi connectivity index (χ0v) is 12.0. The van der Waals surface area contributed by atoms with E-state index < -0.39 is 17.9 Å². The van der Waals surface area contributed by atoms with E-state index in [-0.39, 0.29) is 11.2 Å². The number of likely N-dealkylation sites (tertiary alicyclic amines) is 1. The van der Waals surface area contributed by atoms with Gasteiger partial charge in [-0.25, -0.2) is 9.78 Å². The van der Waals surface area contributed by atoms with Crippen LogP contribution in [-0.2, 0) is 10.2 Å². The van der Waals surface area contributed by atoms with Crippen molar-refractivity contribution in [2.45, 2.75) is 51.5 Å². The van der Waals surface area contributed by atoms with E-state index in [1.807, 2.05) is 20.8 Å². The number of carboxylic acids is 1. The summed E-state index contributed by atoms with van der Waals surface area (Å²) < 4.78 is 0. The topological polar surface area (TPSA) is 99.2 Å². The van der Waals surface area contributed by atoms with Crippen molar-refractivity contribution >= 4 is 11.9 Å². The van der Waals surface area contributed by atoms with Crippen molar-refractivity contribution < 1.29 is 14.7 Å². The van der Waals surface area contributed by atoms with Gasteiger partial charge in [-0.15, -0.1) is 5.10 Å². The van der Waals surface area contributed by atoms with Gasteiger partial charge in [-0.05, 0) is 19.3 Å². The normalized spacial score (nSPS) is 19.9. The Kier molecular flexibility index (Phi) is 3.78. The average molecular weight is 280 g/mol. The molecule has 1 unspecified atom stereocenters. The zero-order valence-electron chi connectivity index (χ0n) is 12.0. The highest BCUT2D eigenvalue weighted by Crippen LogP contribution is 2.21. The maximum Gasteiger partial charge on any atom is 0.326 e. The predicted octanol–water partition coefficient (Wildman–Crippen LogP) is 1.18. The number of hydrogen-bond acceptors (Lipinski definition) is 4. The van der Waals surface area contributed by atoms with Crippen LogP contribution >= 0.6 is 0 Å². The van der Waals surface area contributed by atoms with Crippen LogP contribution in [-0.4, -0.2) is 49.7 Å². The van der Waals surface area contributed by atoms with Crippen molar-refractivity contribution in [2.75, 3.05) is 6.54 Å². The Labute approximate surface area is 117 Å². The third-order valence-electron chi connectivity index (χ3n) is 3.44. The Morgan fingerprint density at radius 1 is 1.35 bits per heavy atom. The van der Waals surface area contributed by atoms with E-state index in [4.69, 9.17) is 0 Å². The van der Waals surface area contributed by atoms with E-state index in [2.05, 4.69) is 15.2 Å². The lowest BCUT2D eigenvalue weighted by Gasteiger charge is -2.31. The van der Waals surface area contributed by atoms with Crippen LogP contribution in [0, 0.1) is 0 Å². The fourth-order valence-corrected chi connectivity index (χ4v) is 2.25. The molecule has 7 nitrogen and oxygen atoms in total. The molecule has 2 N–H and O–H groups in total. The summed E-state index contributed by atoms with van der Waals surface area (Å²) in [7, 11) is 0. The number of carboxylic acid groups (broad SMARTS) is 1. The van der Waals surface area contributed by atoms with Gasteiger partial charge in [0.15, 0.2) is 0 Å². The van der Waals surface area contributed by atoms with Crippen molar-refractivity contribution in [1.29, 1.82) is 0 Å². The number of piperidine rings is 1. The molecule has 2 heterocycles. The highest BCUT2D eigenvalue weighted by atomic mass is 16.4. The molecular formula is C13H20N4O3. The minimum Gasteiger partial charge on any atom is -0.480 e. The molecule has 1 saturated heterocycles. The van der Waals surface area contributed by atoms with Crippen LogP contribution in [0.4, 0.5) is 0 Å². The lowest BCUT2D eigenvalue weighted by Crippen LogP contribution is -2.48. The van der Waals surface area contributed by atoms with E-state index >= 15 is 0 Å². The Bertz CT molecular complexity index is 518. The second-order valence-corrected chi connectivity index (χ2v) is 6.11. The third kappa shape index (κ3) is 2.81. The highest BCUT2D eigenvalue weighted by Gasteiger charge is 2.34. The average Bonchev–Trinajstić information content (AvgIpc) is 2.87. The molecule has 0 aliphatic carbocycles. The van der Waals surface area contributed by atoms with Gasteiger partial charge in [-0.1, -0.05) is 20.8 Å². The van der Waals surface area contributed by atoms with Crippen LogP contribution < -0.4 is 0 Å². The van der Waals surface area contributed by atoms with Gasteiger partial charge in [0, 0.05) is 12.0 Å². The first kappa shape index (κ1) is 14.5. The summed E-state index contributed by atoms with van der Waals surface area (Å²) in [6, 6.07) is -0.771. The molecular weight excluding hydrogens is 260 g/mol. The van der Waals surface area contributed by atoms with Crippen LogP contribution in [0.1, 0.15) is 56.5 Å². The minimum atomic E-state index is -0.968. The van der Waals surface area contributed by atoms with Crippen molar-refractivity contribution in [3.05, 3.63) is 11.6 Å². The van der Waals surface area contributed by atoms with E-state index in [1.165, 1.54) is 4.90 Å². The number of carbonyl (C=O) groups excluding carboxylic acids is 1. The molecule has 1 fully saturated rings. The van der Waals surface area contributed by atoms with Crippen LogP contribution in [0.3, 0.4) is 0 Å². The number of amides is 1. The third-order valence-corrected chi connectivity index (χ3v) is 3.44. The van der Waals surface area contributed by atoms with Crippen molar-refractivity contribution in [1.82, 2.24) is 20.1 Å². The summed E-state index contributed by atoms with van der Waals surface area (Å²) in [4.78, 5) is 29.2. The first-order chi connectivity index (χ1) is 9.30. The molecule has 1 atom stereocenters. The molecule has 2 rings (SSSR count). The van der Waals surface area contributed by atoms with Gasteiger partial charge in [-0.3, -0.25) is 9.89 Å². The maximum atomic E-state index is 12.4. The number of nitrogens with one attached hydrogen (secondary N) is 1. The predicted molar refractivity (Wildman–Crippen MR) is 71.4 cm³/mol. The quantitative estimate of drug-likeness (QED) is 0.847. The molecule has 0 aromatic carbocycles. The lowest BCUT2D eigenvalue weighted by molar-refractivity contribution is -0.143. The number of nitrogens with zero attached hydrogens (tertiary/aromatic N) is 3. The SMILES string of the molecule is CC(C)(C)c1nc(C(=O)N2CCCCC2C(=O)O)n[nH]1. The van der Waals surface area contributed by atoms with Gasteiger partial charge in [0.25, 0.3) is 5.91 Å². The number of aliphatic carboxylic acids is 1. The first-order valence-electron chi connectivity index (χ1n) is 6.77. The number of aromatic nitrogens is 3. The van der Waals surface area contributed by atoms with E-state index in [9.17, 15) is 14.7 Å². The number of hydrogen-bond donors (Lipinski definition) is 2. The molecule has 1 amide bonds. The summed E-state index contributed by atoms with van der Waals surface area (Å²) in [5.41, 5.74) is -0.236. The van der Waals surface area contributed by atoms with Crippen molar-refractivity contribution in [3.63, 3.8) is 0 Å². The zero-order chi connectivity index (χ0) is 14.9. The molecule has 7 heteroatoms. The monoisotopic (exact) mass is 280 g/mol. The van der Waals surface area contributed by atoms with Gasteiger partial charge in [0.2, 0.25) is 5.82 Å². The molecule has 0 spiro atoms. The van der Waals surface area contributed by atoms with Gasteiger partial charge in [-0.2, -0.15) is 0 Å². The Hall–Kier alpha value is -1.92. The second-order valence-electron chi connectivity index (χ2n) is 6.11. The fraction of sp³-hybridized carbons (Fsp3) is 0.692. The summed E-state index contributed by atoms with van der Waals surface area (Å²) in [6.45, 7) is 6.32. The van der Waals surface area contributed by atoms with Crippen molar-refractivity contribution in [2.24, 2.45) is 0 Å². The Balaban J connectivity index is 2.21. The molecule has 0 radical (unpaired) electrons. The highest BCUT2D eigenvalue weighted by molar-refractivity contribution is 5.93. The van der Waals surface area contributed by atoms with Gasteiger partial charge in [0.05, 0.1) is 0 Å². The second kappa shape index (κ2) is 5.22. The van der Waals surface area contributed by atoms with Crippen LogP contribution in [0.2, 0.25) is 0 Å². The molecule has 0 bridgehead atoms. The molecule has 0 saturated carbocycles. The molecule has 1 aliphatic rings. The summed E-state index contributed by atoms with van der Waals surface area (Å²) >= 11 is 0. The molecule has 1 aromatic rings. The minimum absolute atomic E-state index is 0.0445. The standard InChI is InChI=1S/C13H20N4O3/c1-13(2,3)12-14-9(15-16-12)10(18)17-7-5-4-6-8(17)11(19)20/h8H,4-7H2,1-3H3,(H,19,20)(H,14,15,16). The van der Waals surface area contributed by atoms with Gasteiger partial charge >= 0.3 is 5.97 Å². The van der Waals surface area contributed by atoms with Crippen molar-refractivity contribution in [3.8, 4) is 0 Å². The maximum absolute atomic E-state index is 12.4. The number of H-pyrrole nitrogens is 1.